The Labute approximate surface area is 103 Å². The molecule has 0 amide bonds. The molecule has 0 unspecified atom stereocenters. The molecule has 0 aliphatic rings. The minimum absolute atomic E-state index is 0.289. The van der Waals surface area contributed by atoms with Crippen LogP contribution < -0.4 is 0 Å². The van der Waals surface area contributed by atoms with Crippen molar-refractivity contribution < 1.29 is 9.90 Å². The molecule has 4 heteroatoms. The molecule has 0 aliphatic heterocycles. The van der Waals surface area contributed by atoms with Crippen LogP contribution in [0.25, 0.3) is 22.0 Å². The second-order valence-electron chi connectivity index (χ2n) is 4.06. The van der Waals surface area contributed by atoms with Gasteiger partial charge in [0.15, 0.2) is 0 Å². The molecule has 4 nitrogen and oxygen atoms in total. The van der Waals surface area contributed by atoms with Crippen molar-refractivity contribution in [1.29, 1.82) is 0 Å². The fourth-order valence-corrected chi connectivity index (χ4v) is 1.95. The molecule has 3 rings (SSSR count). The van der Waals surface area contributed by atoms with Gasteiger partial charge in [0.1, 0.15) is 0 Å². The van der Waals surface area contributed by atoms with E-state index < -0.39 is 5.97 Å². The molecule has 0 fully saturated rings. The number of carboxylic acid groups (broad SMARTS) is 1. The van der Waals surface area contributed by atoms with Crippen LogP contribution in [-0.2, 0) is 0 Å². The van der Waals surface area contributed by atoms with Gasteiger partial charge in [-0.3, -0.25) is 5.10 Å². The first-order valence-corrected chi connectivity index (χ1v) is 5.51. The van der Waals surface area contributed by atoms with E-state index in [1.54, 1.807) is 24.4 Å². The van der Waals surface area contributed by atoms with Gasteiger partial charge in [-0.25, -0.2) is 4.79 Å². The summed E-state index contributed by atoms with van der Waals surface area (Å²) in [6.45, 7) is 0. The maximum atomic E-state index is 10.9. The van der Waals surface area contributed by atoms with Crippen molar-refractivity contribution >= 4 is 16.9 Å². The number of nitrogens with zero attached hydrogens (tertiary/aromatic N) is 1. The third-order valence-corrected chi connectivity index (χ3v) is 2.88. The van der Waals surface area contributed by atoms with Crippen molar-refractivity contribution in [1.82, 2.24) is 10.2 Å². The Hall–Kier alpha value is -2.62. The first kappa shape index (κ1) is 10.5. The van der Waals surface area contributed by atoms with E-state index in [4.69, 9.17) is 5.11 Å². The quantitative estimate of drug-likeness (QED) is 0.721. The first-order chi connectivity index (χ1) is 8.74. The van der Waals surface area contributed by atoms with E-state index in [0.29, 0.717) is 0 Å². The molecular weight excluding hydrogens is 228 g/mol. The average molecular weight is 238 g/mol. The number of H-pyrrole nitrogens is 1. The van der Waals surface area contributed by atoms with Gasteiger partial charge in [0.05, 0.1) is 17.3 Å². The second kappa shape index (κ2) is 4.00. The van der Waals surface area contributed by atoms with Crippen LogP contribution in [0.4, 0.5) is 0 Å². The maximum Gasteiger partial charge on any atom is 0.335 e. The summed E-state index contributed by atoms with van der Waals surface area (Å²) >= 11 is 0. The Morgan fingerprint density at radius 3 is 2.78 bits per heavy atom. The highest BCUT2D eigenvalue weighted by atomic mass is 16.4. The Balaban J connectivity index is 2.13. The highest BCUT2D eigenvalue weighted by Gasteiger charge is 2.05. The number of aromatic amines is 1. The molecule has 1 aromatic heterocycles. The van der Waals surface area contributed by atoms with Gasteiger partial charge in [-0.1, -0.05) is 24.3 Å². The van der Waals surface area contributed by atoms with Crippen LogP contribution >= 0.6 is 0 Å². The van der Waals surface area contributed by atoms with Crippen molar-refractivity contribution in [2.45, 2.75) is 0 Å². The molecule has 0 spiro atoms. The lowest BCUT2D eigenvalue weighted by Gasteiger charge is -2.03. The molecule has 0 saturated heterocycles. The Morgan fingerprint density at radius 1 is 1.11 bits per heavy atom. The smallest absolute Gasteiger partial charge is 0.335 e. The van der Waals surface area contributed by atoms with Crippen LogP contribution in [0.2, 0.25) is 0 Å². The Kier molecular flexibility index (Phi) is 2.34. The molecule has 2 N–H and O–H groups in total. The number of carbonyl (C=O) groups is 1. The number of carboxylic acids is 1. The number of aromatic carboxylic acids is 1. The molecule has 88 valence electrons. The first-order valence-electron chi connectivity index (χ1n) is 5.51. The fourth-order valence-electron chi connectivity index (χ4n) is 1.95. The summed E-state index contributed by atoms with van der Waals surface area (Å²) < 4.78 is 0. The van der Waals surface area contributed by atoms with Gasteiger partial charge in [-0.05, 0) is 29.3 Å². The van der Waals surface area contributed by atoms with Crippen molar-refractivity contribution in [3.8, 4) is 11.1 Å². The predicted octanol–water partition coefficient (Wildman–Crippen LogP) is 2.93. The van der Waals surface area contributed by atoms with Gasteiger partial charge in [0, 0.05) is 5.39 Å². The number of aromatic nitrogens is 2. The van der Waals surface area contributed by atoms with Crippen molar-refractivity contribution in [3.63, 3.8) is 0 Å². The standard InChI is InChI=1S/C14H10N2O2/c17-14(18)11-3-1-2-9(6-11)10-4-5-12-8-15-16-13(12)7-10/h1-8H,(H,15,16)(H,17,18). The van der Waals surface area contributed by atoms with Crippen LogP contribution in [-0.4, -0.2) is 21.3 Å². The van der Waals surface area contributed by atoms with Gasteiger partial charge < -0.3 is 5.11 Å². The zero-order valence-electron chi connectivity index (χ0n) is 9.42. The molecule has 1 heterocycles. The third kappa shape index (κ3) is 1.73. The monoisotopic (exact) mass is 238 g/mol. The van der Waals surface area contributed by atoms with Gasteiger partial charge >= 0.3 is 5.97 Å². The molecule has 0 saturated carbocycles. The minimum atomic E-state index is -0.917. The summed E-state index contributed by atoms with van der Waals surface area (Å²) in [6.07, 6.45) is 1.76. The largest absolute Gasteiger partial charge is 0.478 e. The Bertz CT molecular complexity index is 731. The summed E-state index contributed by atoms with van der Waals surface area (Å²) in [5.74, 6) is -0.917. The SMILES string of the molecule is O=C(O)c1cccc(-c2ccc3cn[nH]c3c2)c1. The summed E-state index contributed by atoms with van der Waals surface area (Å²) in [7, 11) is 0. The number of hydrogen-bond donors (Lipinski definition) is 2. The molecule has 0 atom stereocenters. The van der Waals surface area contributed by atoms with Gasteiger partial charge in [-0.2, -0.15) is 5.10 Å². The molecule has 2 aromatic carbocycles. The van der Waals surface area contributed by atoms with Crippen LogP contribution in [0.5, 0.6) is 0 Å². The van der Waals surface area contributed by atoms with Gasteiger partial charge in [-0.15, -0.1) is 0 Å². The number of hydrogen-bond acceptors (Lipinski definition) is 2. The fraction of sp³-hybridized carbons (Fsp3) is 0. The molecule has 0 radical (unpaired) electrons. The molecule has 3 aromatic rings. The Morgan fingerprint density at radius 2 is 1.94 bits per heavy atom. The van der Waals surface area contributed by atoms with Crippen molar-refractivity contribution in [3.05, 3.63) is 54.2 Å². The van der Waals surface area contributed by atoms with E-state index in [9.17, 15) is 4.79 Å². The number of benzene rings is 2. The highest BCUT2D eigenvalue weighted by Crippen LogP contribution is 2.24. The predicted molar refractivity (Wildman–Crippen MR) is 68.5 cm³/mol. The van der Waals surface area contributed by atoms with Crippen LogP contribution in [0.3, 0.4) is 0 Å². The average Bonchev–Trinajstić information content (AvgIpc) is 2.86. The number of nitrogens with one attached hydrogen (secondary N) is 1. The third-order valence-electron chi connectivity index (χ3n) is 2.88. The zero-order valence-corrected chi connectivity index (χ0v) is 9.42. The lowest BCUT2D eigenvalue weighted by Crippen LogP contribution is -1.95. The summed E-state index contributed by atoms with van der Waals surface area (Å²) in [6, 6.07) is 12.8. The topological polar surface area (TPSA) is 66.0 Å². The van der Waals surface area contributed by atoms with Crippen molar-refractivity contribution in [2.24, 2.45) is 0 Å². The van der Waals surface area contributed by atoms with E-state index in [-0.39, 0.29) is 5.56 Å². The maximum absolute atomic E-state index is 10.9. The van der Waals surface area contributed by atoms with Gasteiger partial charge in [0.25, 0.3) is 0 Å². The molecule has 0 aliphatic carbocycles. The molecular formula is C14H10N2O2. The summed E-state index contributed by atoms with van der Waals surface area (Å²) in [4.78, 5) is 10.9. The minimum Gasteiger partial charge on any atom is -0.478 e. The molecule has 0 bridgehead atoms. The van der Waals surface area contributed by atoms with E-state index in [1.165, 1.54) is 0 Å². The zero-order chi connectivity index (χ0) is 12.5. The number of rotatable bonds is 2. The summed E-state index contributed by atoms with van der Waals surface area (Å²) in [5.41, 5.74) is 3.08. The molecule has 18 heavy (non-hydrogen) atoms. The van der Waals surface area contributed by atoms with Crippen LogP contribution in [0, 0.1) is 0 Å². The lowest BCUT2D eigenvalue weighted by molar-refractivity contribution is 0.0697. The second-order valence-corrected chi connectivity index (χ2v) is 4.06. The van der Waals surface area contributed by atoms with E-state index in [1.807, 2.05) is 24.3 Å². The highest BCUT2D eigenvalue weighted by molar-refractivity contribution is 5.90. The van der Waals surface area contributed by atoms with Crippen LogP contribution in [0.15, 0.2) is 48.7 Å². The van der Waals surface area contributed by atoms with Gasteiger partial charge in [0.2, 0.25) is 0 Å². The van der Waals surface area contributed by atoms with Crippen molar-refractivity contribution in [2.75, 3.05) is 0 Å². The van der Waals surface area contributed by atoms with E-state index in [2.05, 4.69) is 10.2 Å². The van der Waals surface area contributed by atoms with Crippen LogP contribution in [0.1, 0.15) is 10.4 Å². The van der Waals surface area contributed by atoms with E-state index >= 15 is 0 Å². The lowest BCUT2D eigenvalue weighted by atomic mass is 10.0. The summed E-state index contributed by atoms with van der Waals surface area (Å²) in [5, 5.41) is 16.9. The normalized spacial score (nSPS) is 10.7. The van der Waals surface area contributed by atoms with E-state index in [0.717, 1.165) is 22.0 Å². The number of fused-ring (bicyclic) bond motifs is 1.